The van der Waals surface area contributed by atoms with Gasteiger partial charge in [-0.15, -0.1) is 0 Å². The first-order chi connectivity index (χ1) is 4.66. The molecule has 0 radical (unpaired) electrons. The molecule has 0 heterocycles. The van der Waals surface area contributed by atoms with Crippen molar-refractivity contribution >= 4 is 0 Å². The topological polar surface area (TPSA) is 41.3 Å². The molecule has 3 heteroatoms. The second-order valence-electron chi connectivity index (χ2n) is 2.89. The van der Waals surface area contributed by atoms with Crippen molar-refractivity contribution in [3.8, 4) is 0 Å². The highest BCUT2D eigenvalue weighted by Gasteiger charge is 1.95. The zero-order valence-electron chi connectivity index (χ0n) is 7.22. The standard InChI is InChI=1S/C7H19N3/c1-7(6-8)9-4-5-10(2)3/h7,9H,4-6,8H2,1-3H3. The Labute approximate surface area is 63.6 Å². The Balaban J connectivity index is 3.03. The Morgan fingerprint density at radius 2 is 2.10 bits per heavy atom. The third-order valence-corrected chi connectivity index (χ3v) is 1.41. The molecule has 0 fully saturated rings. The molecule has 0 bridgehead atoms. The zero-order valence-corrected chi connectivity index (χ0v) is 7.22. The van der Waals surface area contributed by atoms with Gasteiger partial charge >= 0.3 is 0 Å². The average Bonchev–Trinajstić information content (AvgIpc) is 1.87. The molecule has 0 aromatic carbocycles. The van der Waals surface area contributed by atoms with Crippen molar-refractivity contribution in [3.63, 3.8) is 0 Å². The predicted molar refractivity (Wildman–Crippen MR) is 45.1 cm³/mol. The summed E-state index contributed by atoms with van der Waals surface area (Å²) in [6.07, 6.45) is 0. The summed E-state index contributed by atoms with van der Waals surface area (Å²) >= 11 is 0. The van der Waals surface area contributed by atoms with Gasteiger partial charge in [0.25, 0.3) is 0 Å². The molecule has 62 valence electrons. The van der Waals surface area contributed by atoms with Gasteiger partial charge in [0.1, 0.15) is 0 Å². The van der Waals surface area contributed by atoms with Crippen LogP contribution in [0.2, 0.25) is 0 Å². The van der Waals surface area contributed by atoms with Gasteiger partial charge in [0.15, 0.2) is 0 Å². The first kappa shape index (κ1) is 9.88. The number of nitrogens with one attached hydrogen (secondary N) is 1. The van der Waals surface area contributed by atoms with Crippen LogP contribution >= 0.6 is 0 Å². The number of nitrogens with two attached hydrogens (primary N) is 1. The van der Waals surface area contributed by atoms with E-state index in [1.54, 1.807) is 0 Å². The Kier molecular flexibility index (Phi) is 5.58. The first-order valence-electron chi connectivity index (χ1n) is 3.75. The average molecular weight is 145 g/mol. The van der Waals surface area contributed by atoms with E-state index in [1.807, 2.05) is 0 Å². The van der Waals surface area contributed by atoms with Crippen LogP contribution in [0.1, 0.15) is 6.92 Å². The van der Waals surface area contributed by atoms with E-state index < -0.39 is 0 Å². The zero-order chi connectivity index (χ0) is 7.98. The van der Waals surface area contributed by atoms with Crippen molar-refractivity contribution in [2.75, 3.05) is 33.7 Å². The summed E-state index contributed by atoms with van der Waals surface area (Å²) in [5.74, 6) is 0. The smallest absolute Gasteiger partial charge is 0.0162 e. The third-order valence-electron chi connectivity index (χ3n) is 1.41. The molecule has 0 aliphatic heterocycles. The highest BCUT2D eigenvalue weighted by atomic mass is 15.1. The highest BCUT2D eigenvalue weighted by molar-refractivity contribution is 4.60. The summed E-state index contributed by atoms with van der Waals surface area (Å²) in [4.78, 5) is 2.15. The van der Waals surface area contributed by atoms with Crippen LogP contribution in [-0.4, -0.2) is 44.7 Å². The van der Waals surface area contributed by atoms with Gasteiger partial charge in [0.2, 0.25) is 0 Å². The van der Waals surface area contributed by atoms with Crippen LogP contribution in [-0.2, 0) is 0 Å². The molecule has 0 aliphatic carbocycles. The molecule has 0 spiro atoms. The number of nitrogens with zero attached hydrogens (tertiary/aromatic N) is 1. The van der Waals surface area contributed by atoms with Crippen LogP contribution in [0.15, 0.2) is 0 Å². The van der Waals surface area contributed by atoms with E-state index in [4.69, 9.17) is 5.73 Å². The first-order valence-corrected chi connectivity index (χ1v) is 3.75. The Morgan fingerprint density at radius 1 is 1.50 bits per heavy atom. The van der Waals surface area contributed by atoms with Crippen LogP contribution < -0.4 is 11.1 Å². The molecular formula is C7H19N3. The lowest BCUT2D eigenvalue weighted by Gasteiger charge is -2.13. The van der Waals surface area contributed by atoms with Crippen molar-refractivity contribution in [1.29, 1.82) is 0 Å². The second kappa shape index (κ2) is 5.65. The number of rotatable bonds is 5. The lowest BCUT2D eigenvalue weighted by Crippen LogP contribution is -2.37. The van der Waals surface area contributed by atoms with Gasteiger partial charge in [-0.2, -0.15) is 0 Å². The van der Waals surface area contributed by atoms with Gasteiger partial charge < -0.3 is 16.0 Å². The molecule has 0 aliphatic rings. The van der Waals surface area contributed by atoms with Crippen LogP contribution in [0.4, 0.5) is 0 Å². The fraction of sp³-hybridized carbons (Fsp3) is 1.00. The van der Waals surface area contributed by atoms with Gasteiger partial charge in [0.05, 0.1) is 0 Å². The van der Waals surface area contributed by atoms with Crippen LogP contribution in [0.3, 0.4) is 0 Å². The molecule has 0 aromatic heterocycles. The van der Waals surface area contributed by atoms with Crippen molar-refractivity contribution in [2.45, 2.75) is 13.0 Å². The third kappa shape index (κ3) is 6.01. The molecule has 0 aromatic rings. The lowest BCUT2D eigenvalue weighted by atomic mass is 10.3. The molecule has 3 N–H and O–H groups in total. The lowest BCUT2D eigenvalue weighted by molar-refractivity contribution is 0.388. The van der Waals surface area contributed by atoms with Crippen LogP contribution in [0, 0.1) is 0 Å². The monoisotopic (exact) mass is 145 g/mol. The van der Waals surface area contributed by atoms with E-state index in [-0.39, 0.29) is 0 Å². The maximum absolute atomic E-state index is 5.41. The summed E-state index contributed by atoms with van der Waals surface area (Å²) < 4.78 is 0. The number of hydrogen-bond acceptors (Lipinski definition) is 3. The second-order valence-corrected chi connectivity index (χ2v) is 2.89. The molecule has 0 rings (SSSR count). The van der Waals surface area contributed by atoms with Crippen molar-refractivity contribution in [3.05, 3.63) is 0 Å². The summed E-state index contributed by atoms with van der Waals surface area (Å²) in [6.45, 7) is 4.90. The van der Waals surface area contributed by atoms with Crippen LogP contribution in [0.25, 0.3) is 0 Å². The molecule has 1 atom stereocenters. The number of hydrogen-bond donors (Lipinski definition) is 2. The van der Waals surface area contributed by atoms with Gasteiger partial charge in [-0.3, -0.25) is 0 Å². The van der Waals surface area contributed by atoms with E-state index in [9.17, 15) is 0 Å². The maximum atomic E-state index is 5.41. The van der Waals surface area contributed by atoms with E-state index in [0.717, 1.165) is 13.1 Å². The minimum atomic E-state index is 0.444. The quantitative estimate of drug-likeness (QED) is 0.547. The summed E-state index contributed by atoms with van der Waals surface area (Å²) in [6, 6.07) is 0.444. The largest absolute Gasteiger partial charge is 0.329 e. The summed E-state index contributed by atoms with van der Waals surface area (Å²) in [5, 5.41) is 3.30. The Morgan fingerprint density at radius 3 is 2.50 bits per heavy atom. The molecule has 0 amide bonds. The minimum absolute atomic E-state index is 0.444. The van der Waals surface area contributed by atoms with E-state index in [0.29, 0.717) is 12.6 Å². The normalized spacial score (nSPS) is 14.1. The highest BCUT2D eigenvalue weighted by Crippen LogP contribution is 1.76. The van der Waals surface area contributed by atoms with Crippen molar-refractivity contribution < 1.29 is 0 Å². The van der Waals surface area contributed by atoms with Crippen molar-refractivity contribution in [1.82, 2.24) is 10.2 Å². The van der Waals surface area contributed by atoms with Gasteiger partial charge in [-0.25, -0.2) is 0 Å². The molecule has 10 heavy (non-hydrogen) atoms. The molecule has 0 saturated carbocycles. The van der Waals surface area contributed by atoms with Crippen molar-refractivity contribution in [2.24, 2.45) is 5.73 Å². The Bertz CT molecular complexity index is 73.3. The summed E-state index contributed by atoms with van der Waals surface area (Å²) in [5.41, 5.74) is 5.41. The maximum Gasteiger partial charge on any atom is 0.0162 e. The fourth-order valence-electron chi connectivity index (χ4n) is 0.618. The minimum Gasteiger partial charge on any atom is -0.329 e. The molecular weight excluding hydrogens is 126 g/mol. The summed E-state index contributed by atoms with van der Waals surface area (Å²) in [7, 11) is 4.13. The van der Waals surface area contributed by atoms with E-state index >= 15 is 0 Å². The van der Waals surface area contributed by atoms with E-state index in [1.165, 1.54) is 0 Å². The predicted octanol–water partition coefficient (Wildman–Crippen LogP) is -0.515. The van der Waals surface area contributed by atoms with Gasteiger partial charge in [0, 0.05) is 25.7 Å². The van der Waals surface area contributed by atoms with Gasteiger partial charge in [-0.05, 0) is 21.0 Å². The molecule has 0 saturated heterocycles. The molecule has 3 nitrogen and oxygen atoms in total. The number of likely N-dealkylation sites (N-methyl/N-ethyl adjacent to an activating group) is 1. The fourth-order valence-corrected chi connectivity index (χ4v) is 0.618. The molecule has 1 unspecified atom stereocenters. The van der Waals surface area contributed by atoms with Crippen LogP contribution in [0.5, 0.6) is 0 Å². The van der Waals surface area contributed by atoms with E-state index in [2.05, 4.69) is 31.2 Å². The SMILES string of the molecule is CC(CN)NCCN(C)C. The van der Waals surface area contributed by atoms with Gasteiger partial charge in [-0.1, -0.05) is 0 Å². The Hall–Kier alpha value is -0.120.